The zero-order chi connectivity index (χ0) is 20.1. The quantitative estimate of drug-likeness (QED) is 0.521. The number of Topliss-reactive ketones (excluding diaryl/α,β-unsaturated/α-hetero) is 1. The van der Waals surface area contributed by atoms with Gasteiger partial charge in [0.1, 0.15) is 5.82 Å². The number of hydrogen-bond acceptors (Lipinski definition) is 5. The summed E-state index contributed by atoms with van der Waals surface area (Å²) in [5.74, 6) is 0.437. The second-order valence-electron chi connectivity index (χ2n) is 7.28. The first kappa shape index (κ1) is 20.0. The fourth-order valence-corrected chi connectivity index (χ4v) is 3.16. The number of pyridine rings is 1. The summed E-state index contributed by atoms with van der Waals surface area (Å²) in [6.45, 7) is 3.82. The highest BCUT2D eigenvalue weighted by atomic mass is 16.3. The largest absolute Gasteiger partial charge is 0.396 e. The predicted molar refractivity (Wildman–Crippen MR) is 112 cm³/mol. The number of rotatable bonds is 8. The molecule has 1 heterocycles. The average Bonchev–Trinajstić information content (AvgIpc) is 2.72. The van der Waals surface area contributed by atoms with E-state index in [9.17, 15) is 15.0 Å². The zero-order valence-corrected chi connectivity index (χ0v) is 16.2. The molecular formula is C23H26N2O3. The lowest BCUT2D eigenvalue weighted by atomic mass is 9.91. The number of ketones is 1. The second kappa shape index (κ2) is 8.95. The van der Waals surface area contributed by atoms with E-state index in [1.807, 2.05) is 56.3 Å². The molecule has 0 bridgehead atoms. The third kappa shape index (κ3) is 4.74. The van der Waals surface area contributed by atoms with Crippen molar-refractivity contribution in [2.45, 2.75) is 32.2 Å². The number of benzene rings is 2. The fourth-order valence-electron chi connectivity index (χ4n) is 3.16. The number of aliphatic hydroxyl groups is 2. The normalized spacial score (nSPS) is 13.3. The topological polar surface area (TPSA) is 82.5 Å². The number of nitrogens with one attached hydrogen (secondary N) is 1. The average molecular weight is 378 g/mol. The highest BCUT2D eigenvalue weighted by molar-refractivity contribution is 6.00. The first-order valence-electron chi connectivity index (χ1n) is 9.48. The van der Waals surface area contributed by atoms with Crippen molar-refractivity contribution in [2.75, 3.05) is 18.5 Å². The molecule has 0 saturated heterocycles. The van der Waals surface area contributed by atoms with Crippen molar-refractivity contribution in [3.05, 3.63) is 71.4 Å². The summed E-state index contributed by atoms with van der Waals surface area (Å²) in [6, 6.07) is 15.2. The smallest absolute Gasteiger partial charge is 0.163 e. The van der Waals surface area contributed by atoms with Crippen molar-refractivity contribution in [3.8, 4) is 0 Å². The number of aromatic nitrogens is 1. The Morgan fingerprint density at radius 3 is 2.46 bits per heavy atom. The van der Waals surface area contributed by atoms with E-state index in [0.717, 1.165) is 21.9 Å². The van der Waals surface area contributed by atoms with Gasteiger partial charge in [-0.3, -0.25) is 4.79 Å². The maximum absolute atomic E-state index is 12.8. The molecule has 3 rings (SSSR count). The van der Waals surface area contributed by atoms with Gasteiger partial charge in [-0.2, -0.15) is 0 Å². The van der Waals surface area contributed by atoms with E-state index < -0.39 is 0 Å². The summed E-state index contributed by atoms with van der Waals surface area (Å²) in [4.78, 5) is 17.2. The fraction of sp³-hybridized carbons (Fsp3) is 0.304. The van der Waals surface area contributed by atoms with Gasteiger partial charge < -0.3 is 15.5 Å². The molecule has 0 radical (unpaired) electrons. The summed E-state index contributed by atoms with van der Waals surface area (Å²) in [5, 5.41) is 23.9. The van der Waals surface area contributed by atoms with Gasteiger partial charge in [-0.1, -0.05) is 42.0 Å². The van der Waals surface area contributed by atoms with Crippen LogP contribution in [0.3, 0.4) is 0 Å². The van der Waals surface area contributed by atoms with Gasteiger partial charge in [-0.05, 0) is 36.9 Å². The van der Waals surface area contributed by atoms with Gasteiger partial charge in [0, 0.05) is 35.5 Å². The monoisotopic (exact) mass is 378 g/mol. The van der Waals surface area contributed by atoms with E-state index in [1.165, 1.54) is 0 Å². The predicted octanol–water partition coefficient (Wildman–Crippen LogP) is 3.68. The Bertz CT molecular complexity index is 954. The highest BCUT2D eigenvalue weighted by Crippen LogP contribution is 2.24. The minimum Gasteiger partial charge on any atom is -0.396 e. The number of aryl methyl sites for hydroxylation is 1. The molecule has 0 aliphatic heterocycles. The van der Waals surface area contributed by atoms with Crippen molar-refractivity contribution in [1.82, 2.24) is 4.98 Å². The Balaban J connectivity index is 1.81. The number of carbonyl (C=O) groups is 1. The molecule has 0 spiro atoms. The van der Waals surface area contributed by atoms with E-state index >= 15 is 0 Å². The number of nitrogens with zero attached hydrogens (tertiary/aromatic N) is 1. The molecule has 0 aliphatic carbocycles. The van der Waals surface area contributed by atoms with E-state index in [1.54, 1.807) is 12.3 Å². The summed E-state index contributed by atoms with van der Waals surface area (Å²) < 4.78 is 0. The van der Waals surface area contributed by atoms with Gasteiger partial charge in [0.2, 0.25) is 0 Å². The summed E-state index contributed by atoms with van der Waals surface area (Å²) in [5.41, 5.74) is 2.73. The minimum atomic E-state index is -0.219. The van der Waals surface area contributed by atoms with Crippen molar-refractivity contribution in [1.29, 1.82) is 0 Å². The van der Waals surface area contributed by atoms with Crippen LogP contribution in [0.5, 0.6) is 0 Å². The molecule has 2 aromatic carbocycles. The van der Waals surface area contributed by atoms with Crippen molar-refractivity contribution in [2.24, 2.45) is 0 Å². The molecule has 5 heteroatoms. The molecule has 0 fully saturated rings. The first-order valence-corrected chi connectivity index (χ1v) is 9.48. The van der Waals surface area contributed by atoms with Gasteiger partial charge in [0.15, 0.2) is 5.78 Å². The van der Waals surface area contributed by atoms with Crippen LogP contribution in [0.4, 0.5) is 5.82 Å². The zero-order valence-electron chi connectivity index (χ0n) is 16.2. The maximum Gasteiger partial charge on any atom is 0.163 e. The lowest BCUT2D eigenvalue weighted by Gasteiger charge is -2.15. The Kier molecular flexibility index (Phi) is 6.39. The minimum absolute atomic E-state index is 0.00317. The molecule has 1 aromatic heterocycles. The number of carbonyl (C=O) groups excluding carboxylic acids is 1. The van der Waals surface area contributed by atoms with Gasteiger partial charge in [0.25, 0.3) is 0 Å². The van der Waals surface area contributed by atoms with Gasteiger partial charge >= 0.3 is 0 Å². The molecule has 0 aliphatic rings. The van der Waals surface area contributed by atoms with Gasteiger partial charge in [-0.25, -0.2) is 4.98 Å². The van der Waals surface area contributed by atoms with Crippen LogP contribution in [0, 0.1) is 6.92 Å². The molecule has 0 unspecified atom stereocenters. The van der Waals surface area contributed by atoms with E-state index in [-0.39, 0.29) is 37.4 Å². The molecule has 0 saturated carbocycles. The Hall–Kier alpha value is -2.76. The molecule has 2 atom stereocenters. The van der Waals surface area contributed by atoms with Crippen LogP contribution in [-0.4, -0.2) is 40.2 Å². The lowest BCUT2D eigenvalue weighted by molar-refractivity contribution is 0.0960. The van der Waals surface area contributed by atoms with Crippen molar-refractivity contribution >= 4 is 22.4 Å². The van der Waals surface area contributed by atoms with Crippen LogP contribution in [0.25, 0.3) is 10.8 Å². The van der Waals surface area contributed by atoms with Crippen LogP contribution in [0.1, 0.15) is 40.7 Å². The standard InChI is InChI=1S/C23H26N2O3/c1-15-3-5-17(6-4-15)21(14-27)10-22(28)18-7-8-19-12-24-23(11-20(19)9-18)25-16(2)13-26/h3-9,11-12,16,21,26-27H,10,13-14H2,1-2H3,(H,24,25)/t16-,21+/m0/s1. The van der Waals surface area contributed by atoms with Crippen LogP contribution < -0.4 is 5.32 Å². The van der Waals surface area contributed by atoms with Crippen molar-refractivity contribution < 1.29 is 15.0 Å². The number of fused-ring (bicyclic) bond motifs is 1. The molecule has 3 aromatic rings. The molecular weight excluding hydrogens is 352 g/mol. The lowest BCUT2D eigenvalue weighted by Crippen LogP contribution is -2.19. The van der Waals surface area contributed by atoms with Crippen molar-refractivity contribution in [3.63, 3.8) is 0 Å². The Morgan fingerprint density at radius 2 is 1.79 bits per heavy atom. The van der Waals surface area contributed by atoms with Crippen LogP contribution in [-0.2, 0) is 0 Å². The molecule has 0 amide bonds. The highest BCUT2D eigenvalue weighted by Gasteiger charge is 2.17. The van der Waals surface area contributed by atoms with Gasteiger partial charge in [0.05, 0.1) is 13.2 Å². The van der Waals surface area contributed by atoms with Crippen LogP contribution >= 0.6 is 0 Å². The molecule has 5 nitrogen and oxygen atoms in total. The van der Waals surface area contributed by atoms with E-state index in [4.69, 9.17) is 0 Å². The Labute approximate surface area is 165 Å². The van der Waals surface area contributed by atoms with Crippen LogP contribution in [0.15, 0.2) is 54.7 Å². The van der Waals surface area contributed by atoms with E-state index in [2.05, 4.69) is 10.3 Å². The third-order valence-electron chi connectivity index (χ3n) is 4.91. The van der Waals surface area contributed by atoms with Crippen LogP contribution in [0.2, 0.25) is 0 Å². The first-order chi connectivity index (χ1) is 13.5. The third-order valence-corrected chi connectivity index (χ3v) is 4.91. The number of hydrogen-bond donors (Lipinski definition) is 3. The summed E-state index contributed by atoms with van der Waals surface area (Å²) >= 11 is 0. The number of aliphatic hydroxyl groups excluding tert-OH is 2. The summed E-state index contributed by atoms with van der Waals surface area (Å²) in [6.07, 6.45) is 2.00. The number of anilines is 1. The Morgan fingerprint density at radius 1 is 1.04 bits per heavy atom. The molecule has 3 N–H and O–H groups in total. The SMILES string of the molecule is Cc1ccc([C@@H](CO)CC(=O)c2ccc3cnc(N[C@@H](C)CO)cc3c2)cc1. The van der Waals surface area contributed by atoms with E-state index in [0.29, 0.717) is 11.4 Å². The summed E-state index contributed by atoms with van der Waals surface area (Å²) in [7, 11) is 0. The second-order valence-corrected chi connectivity index (χ2v) is 7.28. The van der Waals surface area contributed by atoms with Gasteiger partial charge in [-0.15, -0.1) is 0 Å². The molecule has 146 valence electrons. The molecule has 28 heavy (non-hydrogen) atoms. The maximum atomic E-state index is 12.8.